The van der Waals surface area contributed by atoms with Gasteiger partial charge >= 0.3 is 11.9 Å². The third-order valence-electron chi connectivity index (χ3n) is 7.36. The highest BCUT2D eigenvalue weighted by Gasteiger charge is 2.60. The number of esters is 1. The van der Waals surface area contributed by atoms with E-state index in [1.807, 2.05) is 0 Å². The van der Waals surface area contributed by atoms with Crippen LogP contribution in [0.15, 0.2) is 59.8 Å². The molecule has 5 atom stereocenters. The van der Waals surface area contributed by atoms with Gasteiger partial charge in [0.1, 0.15) is 23.4 Å². The first-order valence-electron chi connectivity index (χ1n) is 12.9. The number of nitrogens with one attached hydrogen (secondary N) is 2. The van der Waals surface area contributed by atoms with E-state index in [1.165, 1.54) is 64.8 Å². The molecular weight excluding hydrogens is 602 g/mol. The number of ether oxygens (including phenoxy) is 1. The minimum absolute atomic E-state index is 0.0258. The largest absolute Gasteiger partial charge is 0.480 e. The summed E-state index contributed by atoms with van der Waals surface area (Å²) in [5.41, 5.74) is -0.480. The number of H-pyrrole nitrogens is 1. The number of nitrogens with zero attached hydrogens (tertiary/aromatic N) is 5. The van der Waals surface area contributed by atoms with Crippen LogP contribution in [-0.2, 0) is 30.5 Å². The maximum atomic E-state index is 13.7. The van der Waals surface area contributed by atoms with Crippen LogP contribution in [0, 0.1) is 15.5 Å². The van der Waals surface area contributed by atoms with Gasteiger partial charge in [-0.15, -0.1) is 22.0 Å². The second-order valence-electron chi connectivity index (χ2n) is 9.95. The Labute approximate surface area is 252 Å². The molecule has 0 saturated carbocycles. The number of benzene rings is 2. The monoisotopic (exact) mass is 627 g/mol. The third kappa shape index (κ3) is 6.03. The van der Waals surface area contributed by atoms with Gasteiger partial charge in [0, 0.05) is 29.7 Å². The Bertz CT molecular complexity index is 1530. The third-order valence-corrected chi connectivity index (χ3v) is 10.1. The van der Waals surface area contributed by atoms with Crippen molar-refractivity contribution in [1.82, 2.24) is 30.8 Å². The zero-order chi connectivity index (χ0) is 30.7. The first-order chi connectivity index (χ1) is 20.6. The van der Waals surface area contributed by atoms with E-state index >= 15 is 0 Å². The molecule has 0 aliphatic carbocycles. The number of hydrogen-bond donors (Lipinski definition) is 3. The van der Waals surface area contributed by atoms with Gasteiger partial charge < -0.3 is 20.1 Å². The number of tetrazole rings is 1. The Morgan fingerprint density at radius 3 is 2.60 bits per heavy atom. The summed E-state index contributed by atoms with van der Waals surface area (Å²) in [5.74, 6) is -4.47. The van der Waals surface area contributed by atoms with Crippen molar-refractivity contribution in [1.29, 1.82) is 0 Å². The van der Waals surface area contributed by atoms with Crippen LogP contribution in [-0.4, -0.2) is 88.3 Å². The minimum atomic E-state index is -1.49. The number of aromatic nitrogens is 4. The number of non-ortho nitro benzene ring substituents is 1. The average Bonchev–Trinajstić information content (AvgIpc) is 3.52. The fraction of sp³-hybridized carbons (Fsp3) is 0.346. The van der Waals surface area contributed by atoms with Crippen molar-refractivity contribution in [3.8, 4) is 0 Å². The van der Waals surface area contributed by atoms with Crippen LogP contribution in [0.5, 0.6) is 0 Å². The van der Waals surface area contributed by atoms with Gasteiger partial charge in [-0.2, -0.15) is 5.21 Å². The maximum Gasteiger partial charge on any atom is 0.320 e. The molecular formula is C26H25N7O8S2. The van der Waals surface area contributed by atoms with Crippen LogP contribution >= 0.6 is 23.5 Å². The Hall–Kier alpha value is -4.51. The van der Waals surface area contributed by atoms with Crippen molar-refractivity contribution in [2.75, 3.05) is 12.3 Å². The van der Waals surface area contributed by atoms with E-state index in [9.17, 15) is 34.4 Å². The fourth-order valence-corrected chi connectivity index (χ4v) is 7.64. The number of amides is 2. The lowest BCUT2D eigenvalue weighted by Gasteiger charge is -2.55. The number of hydrogen-bond acceptors (Lipinski definition) is 12. The lowest BCUT2D eigenvalue weighted by Crippen LogP contribution is -2.74. The number of nitro groups is 1. The summed E-state index contributed by atoms with van der Waals surface area (Å²) in [4.78, 5) is 63.8. The molecule has 2 fully saturated rings. The Morgan fingerprint density at radius 1 is 1.26 bits per heavy atom. The molecule has 2 aromatic carbocycles. The SMILES string of the molecule is CC(Sc1nn[nH]n1)C1(C(=O)OCc2ccc([N+](=O)[O-])cc2)CS[C@@H]2C(NC(=O)C(C(=O)O)c3ccccc3)C(=O)N2C1. The molecule has 43 heavy (non-hydrogen) atoms. The second-order valence-corrected chi connectivity index (χ2v) is 12.4. The lowest BCUT2D eigenvalue weighted by atomic mass is 9.84. The fourth-order valence-electron chi connectivity index (χ4n) is 4.90. The molecule has 0 bridgehead atoms. The smallest absolute Gasteiger partial charge is 0.320 e. The van der Waals surface area contributed by atoms with Crippen molar-refractivity contribution in [3.05, 3.63) is 75.8 Å². The molecule has 2 aliphatic heterocycles. The first-order valence-corrected chi connectivity index (χ1v) is 14.8. The summed E-state index contributed by atoms with van der Waals surface area (Å²) in [7, 11) is 0. The molecule has 2 amide bonds. The summed E-state index contributed by atoms with van der Waals surface area (Å²) < 4.78 is 5.68. The summed E-state index contributed by atoms with van der Waals surface area (Å²) in [6.07, 6.45) is 0. The molecule has 0 radical (unpaired) electrons. The molecule has 2 aliphatic rings. The molecule has 15 nitrogen and oxygen atoms in total. The Morgan fingerprint density at radius 2 is 1.98 bits per heavy atom. The molecule has 5 rings (SSSR count). The number of thioether (sulfide) groups is 2. The topological polar surface area (TPSA) is 211 Å². The van der Waals surface area contributed by atoms with Crippen molar-refractivity contribution >= 4 is 53.0 Å². The van der Waals surface area contributed by atoms with Crippen molar-refractivity contribution < 1.29 is 33.9 Å². The highest BCUT2D eigenvalue weighted by Crippen LogP contribution is 2.48. The predicted octanol–water partition coefficient (Wildman–Crippen LogP) is 1.59. The van der Waals surface area contributed by atoms with Crippen molar-refractivity contribution in [2.24, 2.45) is 5.41 Å². The van der Waals surface area contributed by atoms with E-state index in [1.54, 1.807) is 25.1 Å². The Balaban J connectivity index is 1.30. The summed E-state index contributed by atoms with van der Waals surface area (Å²) >= 11 is 2.45. The Kier molecular flexibility index (Phi) is 8.63. The van der Waals surface area contributed by atoms with Crippen LogP contribution in [0.2, 0.25) is 0 Å². The standard InChI is InChI=1S/C26H25N7O8S2/c1-14(43-25-28-30-31-29-25)26(24(38)41-11-15-7-9-17(10-8-15)33(39)40)12-32-21(35)19(22(32)42-13-26)27-20(34)18(23(36)37)16-5-3-2-4-6-16/h2-10,14,18-19,22H,11-13H2,1H3,(H,27,34)(H,36,37)(H,28,29,30,31)/t14?,18?,19?,22-,26?/m1/s1. The molecule has 4 unspecified atom stereocenters. The number of aliphatic carboxylic acids is 1. The van der Waals surface area contributed by atoms with Crippen LogP contribution in [0.3, 0.4) is 0 Å². The van der Waals surface area contributed by atoms with E-state index in [0.29, 0.717) is 10.7 Å². The normalized spacial score (nSPS) is 22.4. The molecule has 3 N–H and O–H groups in total. The van der Waals surface area contributed by atoms with Gasteiger partial charge in [-0.1, -0.05) is 49.0 Å². The molecule has 1 aromatic heterocycles. The van der Waals surface area contributed by atoms with Crippen molar-refractivity contribution in [3.63, 3.8) is 0 Å². The van der Waals surface area contributed by atoms with Crippen LogP contribution in [0.25, 0.3) is 0 Å². The number of fused-ring (bicyclic) bond motifs is 1. The number of β-lactam (4-membered cyclic amide) rings is 1. The van der Waals surface area contributed by atoms with Gasteiger partial charge in [0.05, 0.1) is 4.92 Å². The molecule has 0 spiro atoms. The number of carboxylic acids is 1. The van der Waals surface area contributed by atoms with Crippen molar-refractivity contribution in [2.45, 2.75) is 41.3 Å². The molecule has 17 heteroatoms. The van der Waals surface area contributed by atoms with Gasteiger partial charge in [0.15, 0.2) is 5.92 Å². The number of carboxylic acid groups (broad SMARTS) is 1. The van der Waals surface area contributed by atoms with Gasteiger partial charge in [0.2, 0.25) is 17.0 Å². The molecule has 3 heterocycles. The number of rotatable bonds is 11. The summed E-state index contributed by atoms with van der Waals surface area (Å²) in [6.45, 7) is 1.62. The summed E-state index contributed by atoms with van der Waals surface area (Å²) in [6, 6.07) is 12.7. The number of aromatic amines is 1. The second kappa shape index (κ2) is 12.4. The summed E-state index contributed by atoms with van der Waals surface area (Å²) in [5, 5.41) is 36.3. The van der Waals surface area contributed by atoms with E-state index in [2.05, 4.69) is 25.9 Å². The number of carbonyl (C=O) groups excluding carboxylic acids is 3. The quantitative estimate of drug-likeness (QED) is 0.0689. The first kappa shape index (κ1) is 30.0. The highest BCUT2D eigenvalue weighted by molar-refractivity contribution is 8.01. The number of carbonyl (C=O) groups is 4. The van der Waals surface area contributed by atoms with Gasteiger partial charge in [-0.25, -0.2) is 0 Å². The lowest BCUT2D eigenvalue weighted by molar-refractivity contribution is -0.384. The minimum Gasteiger partial charge on any atom is -0.480 e. The average molecular weight is 628 g/mol. The van der Waals surface area contributed by atoms with Crippen LogP contribution < -0.4 is 5.32 Å². The van der Waals surface area contributed by atoms with E-state index < -0.39 is 56.7 Å². The van der Waals surface area contributed by atoms with E-state index in [0.717, 1.165) is 0 Å². The molecule has 224 valence electrons. The maximum absolute atomic E-state index is 13.7. The van der Waals surface area contributed by atoms with Gasteiger partial charge in [0.25, 0.3) is 5.69 Å². The van der Waals surface area contributed by atoms with Gasteiger partial charge in [-0.3, -0.25) is 29.3 Å². The number of nitro benzene ring substituents is 1. The van der Waals surface area contributed by atoms with Crippen LogP contribution in [0.1, 0.15) is 24.0 Å². The van der Waals surface area contributed by atoms with E-state index in [4.69, 9.17) is 4.74 Å². The van der Waals surface area contributed by atoms with Gasteiger partial charge in [-0.05, 0) is 28.5 Å². The molecule has 2 saturated heterocycles. The zero-order valence-corrected chi connectivity index (χ0v) is 24.1. The van der Waals surface area contributed by atoms with E-state index in [-0.39, 0.29) is 30.2 Å². The van der Waals surface area contributed by atoms with Crippen LogP contribution in [0.4, 0.5) is 5.69 Å². The highest BCUT2D eigenvalue weighted by atomic mass is 32.2. The zero-order valence-electron chi connectivity index (χ0n) is 22.5. The molecule has 3 aromatic rings. The predicted molar refractivity (Wildman–Crippen MR) is 152 cm³/mol.